The lowest BCUT2D eigenvalue weighted by molar-refractivity contribution is -0.136. The molecule has 24 heavy (non-hydrogen) atoms. The number of nitrogens with one attached hydrogen (secondary N) is 1. The largest absolute Gasteiger partial charge is 0.325 e. The molecule has 0 saturated heterocycles. The van der Waals surface area contributed by atoms with Crippen molar-refractivity contribution in [2.75, 3.05) is 16.8 Å². The van der Waals surface area contributed by atoms with Crippen LogP contribution in [0.2, 0.25) is 5.02 Å². The normalized spacial score (nSPS) is 11.0. The van der Waals surface area contributed by atoms with Crippen LogP contribution in [0.3, 0.4) is 0 Å². The van der Waals surface area contributed by atoms with Crippen molar-refractivity contribution < 1.29 is 9.59 Å². The molecule has 5 heteroatoms. The summed E-state index contributed by atoms with van der Waals surface area (Å²) in [6, 6.07) is 16.1. The lowest BCUT2D eigenvalue weighted by Crippen LogP contribution is -2.47. The van der Waals surface area contributed by atoms with Gasteiger partial charge < -0.3 is 10.2 Å². The van der Waals surface area contributed by atoms with Crippen molar-refractivity contribution >= 4 is 34.8 Å². The third kappa shape index (κ3) is 3.95. The second-order valence-corrected chi connectivity index (χ2v) is 6.41. The van der Waals surface area contributed by atoms with Crippen molar-refractivity contribution in [3.8, 4) is 0 Å². The first-order valence-corrected chi connectivity index (χ1v) is 8.18. The Bertz CT molecular complexity index is 712. The fourth-order valence-electron chi connectivity index (χ4n) is 2.31. The van der Waals surface area contributed by atoms with Crippen LogP contribution in [0.1, 0.15) is 20.8 Å². The van der Waals surface area contributed by atoms with Crippen LogP contribution >= 0.6 is 11.6 Å². The van der Waals surface area contributed by atoms with Crippen LogP contribution in [0.25, 0.3) is 0 Å². The van der Waals surface area contributed by atoms with E-state index >= 15 is 0 Å². The Morgan fingerprint density at radius 3 is 2.17 bits per heavy atom. The molecular weight excluding hydrogens is 324 g/mol. The molecule has 0 fully saturated rings. The molecule has 0 aliphatic rings. The zero-order valence-corrected chi connectivity index (χ0v) is 14.8. The molecule has 0 spiro atoms. The van der Waals surface area contributed by atoms with Gasteiger partial charge in [0.25, 0.3) is 0 Å². The first kappa shape index (κ1) is 18.0. The standard InChI is InChI=1S/C19H21ClN2O2/c1-4-22(16-8-6-5-7-9-16)18(24)19(2,3)17(23)21-15-12-10-14(20)11-13-15/h5-13H,4H2,1-3H3,(H,21,23). The molecule has 126 valence electrons. The minimum absolute atomic E-state index is 0.248. The molecule has 0 unspecified atom stereocenters. The lowest BCUT2D eigenvalue weighted by atomic mass is 9.89. The Morgan fingerprint density at radius 2 is 1.62 bits per heavy atom. The molecule has 2 amide bonds. The van der Waals surface area contributed by atoms with Crippen LogP contribution in [0.4, 0.5) is 11.4 Å². The van der Waals surface area contributed by atoms with Crippen molar-refractivity contribution in [3.63, 3.8) is 0 Å². The lowest BCUT2D eigenvalue weighted by Gasteiger charge is -2.30. The van der Waals surface area contributed by atoms with Gasteiger partial charge in [-0.15, -0.1) is 0 Å². The Hall–Kier alpha value is -2.33. The molecule has 0 radical (unpaired) electrons. The summed E-state index contributed by atoms with van der Waals surface area (Å²) in [7, 11) is 0. The molecule has 4 nitrogen and oxygen atoms in total. The van der Waals surface area contributed by atoms with Crippen molar-refractivity contribution in [2.45, 2.75) is 20.8 Å². The smallest absolute Gasteiger partial charge is 0.242 e. The molecule has 0 saturated carbocycles. The van der Waals surface area contributed by atoms with Crippen LogP contribution in [0.15, 0.2) is 54.6 Å². The minimum atomic E-state index is -1.20. The van der Waals surface area contributed by atoms with E-state index in [1.807, 2.05) is 37.3 Å². The summed E-state index contributed by atoms with van der Waals surface area (Å²) in [6.07, 6.45) is 0. The van der Waals surface area contributed by atoms with E-state index in [2.05, 4.69) is 5.32 Å². The molecule has 0 aromatic heterocycles. The Kier molecular flexibility index (Phi) is 5.62. The van der Waals surface area contributed by atoms with Crippen LogP contribution < -0.4 is 10.2 Å². The summed E-state index contributed by atoms with van der Waals surface area (Å²) < 4.78 is 0. The van der Waals surface area contributed by atoms with Gasteiger partial charge in [0, 0.05) is 22.9 Å². The molecule has 2 aromatic carbocycles. The fraction of sp³-hybridized carbons (Fsp3) is 0.263. The van der Waals surface area contributed by atoms with Gasteiger partial charge in [-0.05, 0) is 57.2 Å². The SMILES string of the molecule is CCN(C(=O)C(C)(C)C(=O)Nc1ccc(Cl)cc1)c1ccccc1. The minimum Gasteiger partial charge on any atom is -0.325 e. The summed E-state index contributed by atoms with van der Waals surface area (Å²) in [6.45, 7) is 5.64. The summed E-state index contributed by atoms with van der Waals surface area (Å²) >= 11 is 5.84. The van der Waals surface area contributed by atoms with Crippen LogP contribution in [0.5, 0.6) is 0 Å². The van der Waals surface area contributed by atoms with E-state index in [9.17, 15) is 9.59 Å². The summed E-state index contributed by atoms with van der Waals surface area (Å²) in [4.78, 5) is 27.2. The van der Waals surface area contributed by atoms with Gasteiger partial charge in [-0.2, -0.15) is 0 Å². The van der Waals surface area contributed by atoms with Gasteiger partial charge in [0.15, 0.2) is 0 Å². The molecule has 0 heterocycles. The molecule has 0 atom stereocenters. The van der Waals surface area contributed by atoms with Crippen molar-refractivity contribution in [2.24, 2.45) is 5.41 Å². The average Bonchev–Trinajstić information content (AvgIpc) is 2.58. The van der Waals surface area contributed by atoms with Gasteiger partial charge in [0.05, 0.1) is 0 Å². The monoisotopic (exact) mass is 344 g/mol. The Morgan fingerprint density at radius 1 is 1.04 bits per heavy atom. The first-order chi connectivity index (χ1) is 11.4. The van der Waals surface area contributed by atoms with Crippen molar-refractivity contribution in [3.05, 3.63) is 59.6 Å². The average molecular weight is 345 g/mol. The number of hydrogen-bond acceptors (Lipinski definition) is 2. The highest BCUT2D eigenvalue weighted by atomic mass is 35.5. The topological polar surface area (TPSA) is 49.4 Å². The number of hydrogen-bond donors (Lipinski definition) is 1. The van der Waals surface area contributed by atoms with E-state index < -0.39 is 5.41 Å². The number of halogens is 1. The maximum Gasteiger partial charge on any atom is 0.242 e. The zero-order valence-electron chi connectivity index (χ0n) is 14.0. The number of anilines is 2. The number of rotatable bonds is 5. The molecule has 1 N–H and O–H groups in total. The quantitative estimate of drug-likeness (QED) is 0.819. The number of carbonyl (C=O) groups excluding carboxylic acids is 2. The van der Waals surface area contributed by atoms with Crippen LogP contribution in [-0.4, -0.2) is 18.4 Å². The molecule has 2 aromatic rings. The van der Waals surface area contributed by atoms with Gasteiger partial charge >= 0.3 is 0 Å². The summed E-state index contributed by atoms with van der Waals surface area (Å²) in [5.41, 5.74) is 0.177. The van der Waals surface area contributed by atoms with E-state index in [0.717, 1.165) is 5.69 Å². The van der Waals surface area contributed by atoms with Gasteiger partial charge in [-0.25, -0.2) is 0 Å². The van der Waals surface area contributed by atoms with E-state index in [0.29, 0.717) is 17.3 Å². The molecule has 0 aliphatic carbocycles. The Balaban J connectivity index is 2.19. The van der Waals surface area contributed by atoms with E-state index in [1.54, 1.807) is 43.0 Å². The number of carbonyl (C=O) groups is 2. The molecule has 0 bridgehead atoms. The van der Waals surface area contributed by atoms with Crippen LogP contribution in [-0.2, 0) is 9.59 Å². The molecule has 2 rings (SSSR count). The van der Waals surface area contributed by atoms with Gasteiger partial charge in [0.1, 0.15) is 5.41 Å². The summed E-state index contributed by atoms with van der Waals surface area (Å²) in [5.74, 6) is -0.605. The zero-order chi connectivity index (χ0) is 17.7. The van der Waals surface area contributed by atoms with Gasteiger partial charge in [-0.1, -0.05) is 29.8 Å². The predicted octanol–water partition coefficient (Wildman–Crippen LogP) is 4.36. The number of benzene rings is 2. The Labute approximate surface area is 147 Å². The highest BCUT2D eigenvalue weighted by Crippen LogP contribution is 2.26. The van der Waals surface area contributed by atoms with Crippen molar-refractivity contribution in [1.82, 2.24) is 0 Å². The number of para-hydroxylation sites is 1. The first-order valence-electron chi connectivity index (χ1n) is 7.80. The van der Waals surface area contributed by atoms with Crippen LogP contribution in [0, 0.1) is 5.41 Å². The van der Waals surface area contributed by atoms with Gasteiger partial charge in [-0.3, -0.25) is 9.59 Å². The van der Waals surface area contributed by atoms with E-state index in [4.69, 9.17) is 11.6 Å². The van der Waals surface area contributed by atoms with Gasteiger partial charge in [0.2, 0.25) is 11.8 Å². The third-order valence-corrected chi connectivity index (χ3v) is 4.09. The van der Waals surface area contributed by atoms with E-state index in [1.165, 1.54) is 0 Å². The molecule has 0 aliphatic heterocycles. The van der Waals surface area contributed by atoms with E-state index in [-0.39, 0.29) is 11.8 Å². The number of amides is 2. The fourth-order valence-corrected chi connectivity index (χ4v) is 2.43. The predicted molar refractivity (Wildman–Crippen MR) is 98.3 cm³/mol. The highest BCUT2D eigenvalue weighted by molar-refractivity contribution is 6.30. The second-order valence-electron chi connectivity index (χ2n) is 5.97. The number of nitrogens with zero attached hydrogens (tertiary/aromatic N) is 1. The highest BCUT2D eigenvalue weighted by Gasteiger charge is 2.39. The summed E-state index contributed by atoms with van der Waals surface area (Å²) in [5, 5.41) is 3.36. The maximum absolute atomic E-state index is 12.9. The maximum atomic E-state index is 12.9. The molecular formula is C19H21ClN2O2. The van der Waals surface area contributed by atoms with Crippen molar-refractivity contribution in [1.29, 1.82) is 0 Å². The second kappa shape index (κ2) is 7.49. The third-order valence-electron chi connectivity index (χ3n) is 3.83.